The van der Waals surface area contributed by atoms with E-state index in [1.807, 2.05) is 26.8 Å². The normalized spacial score (nSPS) is 11.0. The molecule has 3 rings (SSSR count). The monoisotopic (exact) mass is 495 g/mol. The van der Waals surface area contributed by atoms with Crippen LogP contribution in [0.3, 0.4) is 0 Å². The van der Waals surface area contributed by atoms with Crippen LogP contribution in [0, 0.1) is 26.6 Å². The summed E-state index contributed by atoms with van der Waals surface area (Å²) in [5, 5.41) is 5.25. The number of alkyl halides is 2. The predicted molar refractivity (Wildman–Crippen MR) is 135 cm³/mol. The van der Waals surface area contributed by atoms with Gasteiger partial charge in [-0.15, -0.1) is 0 Å². The zero-order valence-corrected chi connectivity index (χ0v) is 19.4. The van der Waals surface area contributed by atoms with Crippen molar-refractivity contribution in [2.45, 2.75) is 47.1 Å². The molecule has 0 aliphatic carbocycles. The van der Waals surface area contributed by atoms with Gasteiger partial charge in [-0.25, -0.2) is 4.39 Å². The van der Waals surface area contributed by atoms with Gasteiger partial charge in [0.25, 0.3) is 5.92 Å². The van der Waals surface area contributed by atoms with E-state index >= 15 is 4.39 Å². The van der Waals surface area contributed by atoms with E-state index in [1.165, 1.54) is 36.4 Å². The molecule has 0 saturated carbocycles. The second-order valence-corrected chi connectivity index (χ2v) is 8.32. The van der Waals surface area contributed by atoms with Gasteiger partial charge in [0.2, 0.25) is 5.91 Å². The van der Waals surface area contributed by atoms with Crippen molar-refractivity contribution in [3.63, 3.8) is 0 Å². The van der Waals surface area contributed by atoms with Gasteiger partial charge in [-0.3, -0.25) is 9.78 Å². The molecule has 0 saturated heterocycles. The van der Waals surface area contributed by atoms with Gasteiger partial charge in [-0.2, -0.15) is 8.78 Å². The van der Waals surface area contributed by atoms with Crippen LogP contribution in [0.25, 0.3) is 0 Å². The maximum Gasteiger partial charge on any atom is 0.290 e. The largest absolute Gasteiger partial charge is 0.376 e. The van der Waals surface area contributed by atoms with E-state index in [0.717, 1.165) is 22.5 Å². The number of hydrogen-bond donors (Lipinski definition) is 2. The number of carbonyl (C=O) groups excluding carboxylic acids is 1. The number of carbonyl (C=O) groups is 1. The summed E-state index contributed by atoms with van der Waals surface area (Å²) in [5.74, 6) is -4.48. The molecule has 4 nitrogen and oxygen atoms in total. The lowest BCUT2D eigenvalue weighted by atomic mass is 10.1. The van der Waals surface area contributed by atoms with E-state index in [0.29, 0.717) is 0 Å². The Morgan fingerprint density at radius 2 is 1.76 bits per heavy atom. The molecule has 0 aliphatic rings. The van der Waals surface area contributed by atoms with Gasteiger partial charge in [0.1, 0.15) is 0 Å². The molecule has 0 aliphatic heterocycles. The first-order valence-electron chi connectivity index (χ1n) is 10.4. The van der Waals surface area contributed by atoms with E-state index < -0.39 is 24.2 Å². The van der Waals surface area contributed by atoms with Crippen molar-refractivity contribution < 1.29 is 20.8 Å². The highest BCUT2D eigenvalue weighted by atomic mass is 35.5. The Hall–Kier alpha value is -3.06. The average Bonchev–Trinajstić information content (AvgIpc) is 2.76. The molecule has 0 radical (unpaired) electrons. The number of rotatable bonds is 8. The summed E-state index contributed by atoms with van der Waals surface area (Å²) in [6, 6.07) is 11.9. The van der Waals surface area contributed by atoms with E-state index in [1.54, 1.807) is 6.07 Å². The Kier molecular flexibility index (Phi) is 9.10. The third-order valence-corrected chi connectivity index (χ3v) is 5.72. The fourth-order valence-electron chi connectivity index (χ4n) is 3.61. The van der Waals surface area contributed by atoms with Crippen LogP contribution in [0.15, 0.2) is 48.5 Å². The smallest absolute Gasteiger partial charge is 0.290 e. The number of halogens is 4. The minimum absolute atomic E-state index is 0. The Morgan fingerprint density at radius 3 is 2.41 bits per heavy atom. The van der Waals surface area contributed by atoms with Crippen LogP contribution >= 0.6 is 11.6 Å². The standard InChI is InChI=1S/C25H25ClF3N3O.CH4.2H2/c1-15-11-16(2)32-17(3)20(15)13-30-23(33)12-19-21(26)9-10-22(24(19)27)31-14-25(28,29)18-7-5-4-6-8-18;;;/h4-11,31H,12-14H2,1-3H3,(H,30,33);1H4;2*1H. The highest BCUT2D eigenvalue weighted by Gasteiger charge is 2.31. The molecule has 186 valence electrons. The third kappa shape index (κ3) is 6.50. The van der Waals surface area contributed by atoms with Crippen molar-refractivity contribution in [3.05, 3.63) is 93.0 Å². The van der Waals surface area contributed by atoms with Gasteiger partial charge in [0.15, 0.2) is 5.82 Å². The van der Waals surface area contributed by atoms with Gasteiger partial charge in [0.05, 0.1) is 18.7 Å². The number of nitrogens with one attached hydrogen (secondary N) is 2. The molecule has 8 heteroatoms. The quantitative estimate of drug-likeness (QED) is 0.354. The number of hydrogen-bond acceptors (Lipinski definition) is 3. The Morgan fingerprint density at radius 1 is 1.09 bits per heavy atom. The Bertz CT molecular complexity index is 1140. The minimum Gasteiger partial charge on any atom is -0.376 e. The molecule has 1 heterocycles. The lowest BCUT2D eigenvalue weighted by molar-refractivity contribution is -0.120. The topological polar surface area (TPSA) is 54.0 Å². The first-order valence-corrected chi connectivity index (χ1v) is 10.8. The summed E-state index contributed by atoms with van der Waals surface area (Å²) >= 11 is 6.11. The van der Waals surface area contributed by atoms with Gasteiger partial charge in [-0.1, -0.05) is 49.4 Å². The minimum atomic E-state index is -3.21. The van der Waals surface area contributed by atoms with Crippen LogP contribution in [-0.4, -0.2) is 17.4 Å². The van der Waals surface area contributed by atoms with Crippen LogP contribution in [-0.2, 0) is 23.7 Å². The van der Waals surface area contributed by atoms with Gasteiger partial charge in [-0.05, 0) is 50.1 Å². The molecule has 0 unspecified atom stereocenters. The van der Waals surface area contributed by atoms with Crippen LogP contribution < -0.4 is 10.6 Å². The number of anilines is 1. The summed E-state index contributed by atoms with van der Waals surface area (Å²) < 4.78 is 43.9. The SMILES string of the molecule is C.Cc1cc(C)c(CNC(=O)Cc2c(Cl)ccc(NCC(F)(F)c3ccccc3)c2F)c(C)n1.[HH].[HH]. The number of pyridine rings is 1. The Balaban J connectivity index is 0.00000408. The molecular formula is C26H33ClF3N3O. The van der Waals surface area contributed by atoms with Crippen LogP contribution in [0.4, 0.5) is 18.9 Å². The maximum atomic E-state index is 15.0. The third-order valence-electron chi connectivity index (χ3n) is 5.36. The molecule has 1 aromatic heterocycles. The van der Waals surface area contributed by atoms with E-state index in [4.69, 9.17) is 11.6 Å². The van der Waals surface area contributed by atoms with E-state index in [2.05, 4.69) is 15.6 Å². The zero-order chi connectivity index (χ0) is 24.2. The average molecular weight is 496 g/mol. The molecule has 0 fully saturated rings. The molecular weight excluding hydrogens is 463 g/mol. The molecule has 0 bridgehead atoms. The first kappa shape index (κ1) is 27.2. The van der Waals surface area contributed by atoms with E-state index in [9.17, 15) is 13.6 Å². The summed E-state index contributed by atoms with van der Waals surface area (Å²) in [5.41, 5.74) is 3.19. The molecule has 0 spiro atoms. The lowest BCUT2D eigenvalue weighted by Crippen LogP contribution is -2.27. The number of aromatic nitrogens is 1. The summed E-state index contributed by atoms with van der Waals surface area (Å²) in [7, 11) is 0. The second kappa shape index (κ2) is 11.4. The molecule has 2 aromatic carbocycles. The highest BCUT2D eigenvalue weighted by Crippen LogP contribution is 2.31. The van der Waals surface area contributed by atoms with Crippen LogP contribution in [0.1, 0.15) is 43.9 Å². The van der Waals surface area contributed by atoms with Gasteiger partial charge < -0.3 is 10.6 Å². The van der Waals surface area contributed by atoms with Crippen molar-refractivity contribution in [2.24, 2.45) is 0 Å². The van der Waals surface area contributed by atoms with E-state index in [-0.39, 0.29) is 45.1 Å². The second-order valence-electron chi connectivity index (χ2n) is 7.91. The maximum absolute atomic E-state index is 15.0. The zero-order valence-electron chi connectivity index (χ0n) is 18.6. The number of benzene rings is 2. The van der Waals surface area contributed by atoms with Crippen molar-refractivity contribution in [2.75, 3.05) is 11.9 Å². The molecule has 34 heavy (non-hydrogen) atoms. The van der Waals surface area contributed by atoms with Crippen LogP contribution in [0.2, 0.25) is 5.02 Å². The Labute approximate surface area is 206 Å². The van der Waals surface area contributed by atoms with Crippen molar-refractivity contribution in [1.29, 1.82) is 0 Å². The highest BCUT2D eigenvalue weighted by molar-refractivity contribution is 6.31. The van der Waals surface area contributed by atoms with Gasteiger partial charge in [0, 0.05) is 36.9 Å². The summed E-state index contributed by atoms with van der Waals surface area (Å²) in [6.45, 7) is 5.12. The molecule has 2 N–H and O–H groups in total. The van der Waals surface area contributed by atoms with Crippen molar-refractivity contribution >= 4 is 23.2 Å². The summed E-state index contributed by atoms with van der Waals surface area (Å²) in [4.78, 5) is 16.9. The predicted octanol–water partition coefficient (Wildman–Crippen LogP) is 6.99. The fourth-order valence-corrected chi connectivity index (χ4v) is 3.83. The number of aryl methyl sites for hydroxylation is 3. The molecule has 3 aromatic rings. The first-order chi connectivity index (χ1) is 15.6. The summed E-state index contributed by atoms with van der Waals surface area (Å²) in [6.07, 6.45) is -0.327. The fraction of sp³-hybridized carbons (Fsp3) is 0.308. The van der Waals surface area contributed by atoms with Gasteiger partial charge >= 0.3 is 0 Å². The van der Waals surface area contributed by atoms with Crippen molar-refractivity contribution in [1.82, 2.24) is 10.3 Å². The van der Waals surface area contributed by atoms with Crippen molar-refractivity contribution in [3.8, 4) is 0 Å². The number of nitrogens with zero attached hydrogens (tertiary/aromatic N) is 1. The van der Waals surface area contributed by atoms with Crippen LogP contribution in [0.5, 0.6) is 0 Å². The lowest BCUT2D eigenvalue weighted by Gasteiger charge is -2.19. The molecule has 1 amide bonds. The number of amides is 1. The molecule has 0 atom stereocenters.